The average Bonchev–Trinajstić information content (AvgIpc) is 2.74. The van der Waals surface area contributed by atoms with Crippen molar-refractivity contribution < 1.29 is 32.6 Å². The van der Waals surface area contributed by atoms with Gasteiger partial charge >= 0.3 is 6.18 Å². The zero-order valence-electron chi connectivity index (χ0n) is 17.8. The van der Waals surface area contributed by atoms with Crippen LogP contribution >= 0.6 is 0 Å². The maximum absolute atomic E-state index is 12.8. The van der Waals surface area contributed by atoms with Crippen molar-refractivity contribution in [3.8, 4) is 0 Å². The molecule has 6 nitrogen and oxygen atoms in total. The van der Waals surface area contributed by atoms with E-state index in [1.165, 1.54) is 17.0 Å². The number of nitrogens with one attached hydrogen (secondary N) is 1. The van der Waals surface area contributed by atoms with E-state index < -0.39 is 23.9 Å². The average molecular weight is 462 g/mol. The van der Waals surface area contributed by atoms with E-state index in [1.54, 1.807) is 24.3 Å². The van der Waals surface area contributed by atoms with E-state index in [2.05, 4.69) is 5.32 Å². The smallest absolute Gasteiger partial charge is 0.386 e. The van der Waals surface area contributed by atoms with Crippen LogP contribution in [-0.4, -0.2) is 41.1 Å². The third-order valence-corrected chi connectivity index (χ3v) is 6.23. The van der Waals surface area contributed by atoms with Gasteiger partial charge in [0.15, 0.2) is 0 Å². The molecule has 2 N–H and O–H groups in total. The van der Waals surface area contributed by atoms with Gasteiger partial charge in [0.25, 0.3) is 0 Å². The van der Waals surface area contributed by atoms with Gasteiger partial charge in [-0.3, -0.25) is 9.59 Å². The number of nitrogens with zero attached hydrogens (tertiary/aromatic N) is 1. The minimum Gasteiger partial charge on any atom is -0.386 e. The molecule has 2 fully saturated rings. The summed E-state index contributed by atoms with van der Waals surface area (Å²) in [6.07, 6.45) is -2.65. The standard InChI is InChI=1S/C24H25F3N2O4/c25-24(26,27)18-8-4-15(5-9-18)12-29-20(13-33-14-21(29)30)22(31)16-6-10-19(11-7-16)28-23(32)17-2-1-3-17/h4-11,17,20,22,31H,1-3,12-14H2,(H,28,32)/t20-,22-/m1/s1. The van der Waals surface area contributed by atoms with Gasteiger partial charge < -0.3 is 20.1 Å². The number of carbonyl (C=O) groups excluding carboxylic acids is 2. The maximum Gasteiger partial charge on any atom is 0.416 e. The monoisotopic (exact) mass is 462 g/mol. The minimum absolute atomic E-state index is 0.0106. The van der Waals surface area contributed by atoms with Crippen molar-refractivity contribution in [2.45, 2.75) is 44.1 Å². The van der Waals surface area contributed by atoms with E-state index in [9.17, 15) is 27.9 Å². The van der Waals surface area contributed by atoms with Gasteiger partial charge in [-0.25, -0.2) is 0 Å². The van der Waals surface area contributed by atoms with Gasteiger partial charge in [0.1, 0.15) is 12.7 Å². The lowest BCUT2D eigenvalue weighted by Gasteiger charge is -2.38. The topological polar surface area (TPSA) is 78.9 Å². The van der Waals surface area contributed by atoms with Crippen molar-refractivity contribution >= 4 is 17.5 Å². The lowest BCUT2D eigenvalue weighted by molar-refractivity contribution is -0.155. The Labute approximate surface area is 189 Å². The Bertz CT molecular complexity index is 988. The molecule has 1 saturated heterocycles. The first kappa shape index (κ1) is 23.3. The molecule has 1 aliphatic heterocycles. The Kier molecular flexibility index (Phi) is 6.71. The summed E-state index contributed by atoms with van der Waals surface area (Å²) in [4.78, 5) is 26.0. The lowest BCUT2D eigenvalue weighted by atomic mass is 9.85. The number of ether oxygens (including phenoxy) is 1. The first-order valence-electron chi connectivity index (χ1n) is 10.8. The summed E-state index contributed by atoms with van der Waals surface area (Å²) in [5.74, 6) is -0.308. The SMILES string of the molecule is O=C(Nc1ccc([C@@H](O)[C@H]2COCC(=O)N2Cc2ccc(C(F)(F)F)cc2)cc1)C1CCC1. The second kappa shape index (κ2) is 9.52. The number of hydrogen-bond donors (Lipinski definition) is 2. The van der Waals surface area contributed by atoms with Gasteiger partial charge in [-0.1, -0.05) is 30.7 Å². The largest absolute Gasteiger partial charge is 0.416 e. The number of morpholine rings is 1. The highest BCUT2D eigenvalue weighted by atomic mass is 19.4. The van der Waals surface area contributed by atoms with Gasteiger partial charge in [0.05, 0.1) is 18.2 Å². The molecule has 2 aliphatic rings. The number of aliphatic hydroxyl groups excluding tert-OH is 1. The zero-order valence-corrected chi connectivity index (χ0v) is 17.8. The van der Waals surface area contributed by atoms with Crippen molar-refractivity contribution in [2.24, 2.45) is 5.92 Å². The molecule has 176 valence electrons. The van der Waals surface area contributed by atoms with Gasteiger partial charge in [0.2, 0.25) is 11.8 Å². The van der Waals surface area contributed by atoms with Crippen LogP contribution in [0, 0.1) is 5.92 Å². The number of aliphatic hydroxyl groups is 1. The normalized spacial score (nSPS) is 20.3. The van der Waals surface area contributed by atoms with Gasteiger partial charge in [-0.2, -0.15) is 13.2 Å². The highest BCUT2D eigenvalue weighted by molar-refractivity contribution is 5.93. The van der Waals surface area contributed by atoms with Crippen LogP contribution in [0.25, 0.3) is 0 Å². The Morgan fingerprint density at radius 1 is 1.12 bits per heavy atom. The second-order valence-corrected chi connectivity index (χ2v) is 8.48. The third kappa shape index (κ3) is 5.36. The molecular formula is C24H25F3N2O4. The molecule has 1 heterocycles. The summed E-state index contributed by atoms with van der Waals surface area (Å²) < 4.78 is 43.8. The van der Waals surface area contributed by atoms with Crippen LogP contribution in [0.1, 0.15) is 42.1 Å². The zero-order chi connectivity index (χ0) is 23.6. The lowest BCUT2D eigenvalue weighted by Crippen LogP contribution is -2.51. The fourth-order valence-corrected chi connectivity index (χ4v) is 3.99. The van der Waals surface area contributed by atoms with Crippen LogP contribution in [0.4, 0.5) is 18.9 Å². The van der Waals surface area contributed by atoms with Crippen molar-refractivity contribution in [1.82, 2.24) is 4.90 Å². The summed E-state index contributed by atoms with van der Waals surface area (Å²) in [5.41, 5.74) is 0.919. The van der Waals surface area contributed by atoms with Crippen molar-refractivity contribution in [2.75, 3.05) is 18.5 Å². The Hall–Kier alpha value is -2.91. The highest BCUT2D eigenvalue weighted by Gasteiger charge is 2.35. The number of alkyl halides is 3. The Balaban J connectivity index is 1.45. The summed E-state index contributed by atoms with van der Waals surface area (Å²) in [6, 6.07) is 10.6. The third-order valence-electron chi connectivity index (χ3n) is 6.23. The molecule has 1 saturated carbocycles. The molecule has 2 amide bonds. The highest BCUT2D eigenvalue weighted by Crippen LogP contribution is 2.31. The number of anilines is 1. The number of benzene rings is 2. The Morgan fingerprint density at radius 2 is 1.79 bits per heavy atom. The molecule has 2 aromatic rings. The van der Waals surface area contributed by atoms with Crippen molar-refractivity contribution in [3.63, 3.8) is 0 Å². The predicted molar refractivity (Wildman–Crippen MR) is 114 cm³/mol. The minimum atomic E-state index is -4.43. The molecule has 0 aromatic heterocycles. The molecule has 1 aliphatic carbocycles. The quantitative estimate of drug-likeness (QED) is 0.683. The second-order valence-electron chi connectivity index (χ2n) is 8.48. The van der Waals surface area contributed by atoms with Crippen LogP contribution in [0.2, 0.25) is 0 Å². The fraction of sp³-hybridized carbons (Fsp3) is 0.417. The maximum atomic E-state index is 12.8. The van der Waals surface area contributed by atoms with Crippen LogP contribution in [0.5, 0.6) is 0 Å². The first-order chi connectivity index (χ1) is 15.7. The van der Waals surface area contributed by atoms with E-state index in [0.29, 0.717) is 16.8 Å². The summed E-state index contributed by atoms with van der Waals surface area (Å²) in [5, 5.41) is 13.8. The Morgan fingerprint density at radius 3 is 2.36 bits per heavy atom. The molecule has 0 radical (unpaired) electrons. The van der Waals surface area contributed by atoms with Crippen LogP contribution in [0.3, 0.4) is 0 Å². The molecule has 2 atom stereocenters. The first-order valence-corrected chi connectivity index (χ1v) is 10.8. The number of halogens is 3. The summed E-state index contributed by atoms with van der Waals surface area (Å²) in [7, 11) is 0. The van der Waals surface area contributed by atoms with E-state index in [0.717, 1.165) is 31.4 Å². The molecule has 9 heteroatoms. The van der Waals surface area contributed by atoms with Crippen molar-refractivity contribution in [1.29, 1.82) is 0 Å². The van der Waals surface area contributed by atoms with Gasteiger partial charge in [-0.15, -0.1) is 0 Å². The number of rotatable bonds is 6. The van der Waals surface area contributed by atoms with Gasteiger partial charge in [-0.05, 0) is 48.2 Å². The molecule has 0 spiro atoms. The molecule has 0 bridgehead atoms. The number of amides is 2. The van der Waals surface area contributed by atoms with E-state index in [1.807, 2.05) is 0 Å². The van der Waals surface area contributed by atoms with Crippen LogP contribution in [-0.2, 0) is 27.0 Å². The number of carbonyl (C=O) groups is 2. The van der Waals surface area contributed by atoms with Crippen LogP contribution < -0.4 is 5.32 Å². The van der Waals surface area contributed by atoms with Crippen molar-refractivity contribution in [3.05, 3.63) is 65.2 Å². The van der Waals surface area contributed by atoms with Crippen LogP contribution in [0.15, 0.2) is 48.5 Å². The number of hydrogen-bond acceptors (Lipinski definition) is 4. The molecule has 0 unspecified atom stereocenters. The molecule has 2 aromatic carbocycles. The molecule has 33 heavy (non-hydrogen) atoms. The van der Waals surface area contributed by atoms with E-state index in [-0.39, 0.29) is 37.5 Å². The molecule has 4 rings (SSSR count). The summed E-state index contributed by atoms with van der Waals surface area (Å²) >= 11 is 0. The predicted octanol–water partition coefficient (Wildman–Crippen LogP) is 3.91. The van der Waals surface area contributed by atoms with Gasteiger partial charge in [0, 0.05) is 18.2 Å². The fourth-order valence-electron chi connectivity index (χ4n) is 3.99. The molecular weight excluding hydrogens is 437 g/mol. The van der Waals surface area contributed by atoms with E-state index in [4.69, 9.17) is 4.74 Å². The summed E-state index contributed by atoms with van der Waals surface area (Å²) in [6.45, 7) is -0.0126. The van der Waals surface area contributed by atoms with E-state index >= 15 is 0 Å².